The molecule has 0 aliphatic heterocycles. The Labute approximate surface area is 179 Å². The first-order valence-electron chi connectivity index (χ1n) is 8.79. The predicted octanol–water partition coefficient (Wildman–Crippen LogP) is 0.899. The minimum atomic E-state index is -1.39. The zero-order valence-electron chi connectivity index (χ0n) is 16.4. The van der Waals surface area contributed by atoms with Crippen LogP contribution in [0.4, 0.5) is 5.69 Å². The van der Waals surface area contributed by atoms with E-state index in [4.69, 9.17) is 26.3 Å². The molecule has 3 rings (SSSR count). The van der Waals surface area contributed by atoms with E-state index in [1.807, 2.05) is 0 Å². The maximum atomic E-state index is 13.0. The Morgan fingerprint density at radius 3 is 2.52 bits per heavy atom. The number of carboxylic acid groups (broad SMARTS) is 1. The first kappa shape index (κ1) is 22.0. The number of hydroxylamine groups is 1. The molecule has 0 bridgehead atoms. The third-order valence-electron chi connectivity index (χ3n) is 4.35. The number of carboxylic acids is 1. The number of hydrogen-bond acceptors (Lipinski definition) is 7. The Kier molecular flexibility index (Phi) is 6.37. The van der Waals surface area contributed by atoms with Crippen LogP contribution in [0, 0.1) is 0 Å². The molecule has 0 aliphatic rings. The SMILES string of the molecule is COc1ccc(N(OC)C(=O)Cn2c(=O)n(CC(=O)O)c(=O)c3ncccc32)cc1Cl. The molecule has 0 fully saturated rings. The number of fused-ring (bicyclic) bond motifs is 1. The van der Waals surface area contributed by atoms with Gasteiger partial charge in [0.2, 0.25) is 0 Å². The second-order valence-electron chi connectivity index (χ2n) is 6.21. The highest BCUT2D eigenvalue weighted by Crippen LogP contribution is 2.29. The zero-order chi connectivity index (χ0) is 22.7. The summed E-state index contributed by atoms with van der Waals surface area (Å²) in [6.45, 7) is -1.43. The number of carbonyl (C=O) groups excluding carboxylic acids is 1. The Hall–Kier alpha value is -3.70. The Morgan fingerprint density at radius 1 is 1.16 bits per heavy atom. The van der Waals surface area contributed by atoms with E-state index < -0.39 is 36.2 Å². The van der Waals surface area contributed by atoms with Gasteiger partial charge in [-0.05, 0) is 30.3 Å². The van der Waals surface area contributed by atoms with E-state index >= 15 is 0 Å². The molecule has 1 aromatic carbocycles. The average Bonchev–Trinajstić information content (AvgIpc) is 2.74. The van der Waals surface area contributed by atoms with Gasteiger partial charge >= 0.3 is 11.7 Å². The number of pyridine rings is 1. The lowest BCUT2D eigenvalue weighted by molar-refractivity contribution is -0.137. The number of aliphatic carboxylic acids is 1. The number of benzene rings is 1. The van der Waals surface area contributed by atoms with Gasteiger partial charge in [0.25, 0.3) is 11.5 Å². The minimum absolute atomic E-state index is 0.0799. The second kappa shape index (κ2) is 8.98. The van der Waals surface area contributed by atoms with Crippen LogP contribution < -0.4 is 21.0 Å². The van der Waals surface area contributed by atoms with E-state index in [2.05, 4.69) is 4.98 Å². The Balaban J connectivity index is 2.08. The van der Waals surface area contributed by atoms with E-state index in [1.54, 1.807) is 0 Å². The lowest BCUT2D eigenvalue weighted by Gasteiger charge is -2.21. The molecule has 162 valence electrons. The minimum Gasteiger partial charge on any atom is -0.495 e. The van der Waals surface area contributed by atoms with Crippen LogP contribution in [0.5, 0.6) is 5.75 Å². The van der Waals surface area contributed by atoms with Gasteiger partial charge in [-0.15, -0.1) is 0 Å². The smallest absolute Gasteiger partial charge is 0.332 e. The quantitative estimate of drug-likeness (QED) is 0.527. The largest absolute Gasteiger partial charge is 0.495 e. The number of carbonyl (C=O) groups is 2. The molecule has 0 unspecified atom stereocenters. The van der Waals surface area contributed by atoms with E-state index in [9.17, 15) is 19.2 Å². The third-order valence-corrected chi connectivity index (χ3v) is 4.65. The van der Waals surface area contributed by atoms with Crippen molar-refractivity contribution in [3.05, 3.63) is 62.4 Å². The van der Waals surface area contributed by atoms with Crippen molar-refractivity contribution in [2.45, 2.75) is 13.1 Å². The number of methoxy groups -OCH3 is 1. The maximum absolute atomic E-state index is 13.0. The van der Waals surface area contributed by atoms with Crippen LogP contribution in [0.15, 0.2) is 46.1 Å². The van der Waals surface area contributed by atoms with Crippen molar-refractivity contribution in [1.29, 1.82) is 0 Å². The fourth-order valence-corrected chi connectivity index (χ4v) is 3.25. The summed E-state index contributed by atoms with van der Waals surface area (Å²) < 4.78 is 6.55. The summed E-state index contributed by atoms with van der Waals surface area (Å²) in [4.78, 5) is 58.5. The van der Waals surface area contributed by atoms with Gasteiger partial charge in [0.05, 0.1) is 30.4 Å². The molecule has 12 heteroatoms. The number of hydrogen-bond donors (Lipinski definition) is 1. The summed E-state index contributed by atoms with van der Waals surface area (Å²) >= 11 is 6.11. The number of ether oxygens (including phenoxy) is 1. The lowest BCUT2D eigenvalue weighted by atomic mass is 10.3. The van der Waals surface area contributed by atoms with Crippen LogP contribution in [0.1, 0.15) is 0 Å². The second-order valence-corrected chi connectivity index (χ2v) is 6.62. The van der Waals surface area contributed by atoms with Gasteiger partial charge in [-0.2, -0.15) is 5.06 Å². The number of anilines is 1. The number of halogens is 1. The highest BCUT2D eigenvalue weighted by molar-refractivity contribution is 6.32. The van der Waals surface area contributed by atoms with Gasteiger partial charge in [0.1, 0.15) is 18.8 Å². The van der Waals surface area contributed by atoms with Crippen LogP contribution in [0.3, 0.4) is 0 Å². The molecule has 0 atom stereocenters. The molecule has 3 aromatic rings. The molecule has 0 saturated carbocycles. The molecule has 2 aromatic heterocycles. The lowest BCUT2D eigenvalue weighted by Crippen LogP contribution is -2.44. The average molecular weight is 449 g/mol. The molecule has 0 radical (unpaired) electrons. The van der Waals surface area contributed by atoms with Crippen molar-refractivity contribution in [2.24, 2.45) is 0 Å². The molecule has 1 amide bonds. The number of nitrogens with zero attached hydrogens (tertiary/aromatic N) is 4. The van der Waals surface area contributed by atoms with Crippen LogP contribution in [0.2, 0.25) is 5.02 Å². The zero-order valence-corrected chi connectivity index (χ0v) is 17.2. The van der Waals surface area contributed by atoms with Crippen molar-refractivity contribution in [1.82, 2.24) is 14.1 Å². The van der Waals surface area contributed by atoms with Gasteiger partial charge in [-0.3, -0.25) is 23.8 Å². The van der Waals surface area contributed by atoms with E-state index in [0.29, 0.717) is 10.3 Å². The summed E-state index contributed by atoms with van der Waals surface area (Å²) in [7, 11) is 2.70. The fourth-order valence-electron chi connectivity index (χ4n) is 3.00. The molecule has 0 saturated heterocycles. The molecular weight excluding hydrogens is 432 g/mol. The van der Waals surface area contributed by atoms with E-state index in [-0.39, 0.29) is 21.7 Å². The normalized spacial score (nSPS) is 10.8. The number of rotatable bonds is 7. The molecule has 0 spiro atoms. The predicted molar refractivity (Wildman–Crippen MR) is 110 cm³/mol. The van der Waals surface area contributed by atoms with Gasteiger partial charge in [-0.25, -0.2) is 14.3 Å². The highest BCUT2D eigenvalue weighted by atomic mass is 35.5. The Bertz CT molecular complexity index is 1280. The summed E-state index contributed by atoms with van der Waals surface area (Å²) in [6, 6.07) is 7.43. The van der Waals surface area contributed by atoms with Crippen LogP contribution in [-0.4, -0.2) is 45.3 Å². The van der Waals surface area contributed by atoms with Crippen molar-refractivity contribution in [2.75, 3.05) is 19.3 Å². The van der Waals surface area contributed by atoms with Gasteiger partial charge in [0.15, 0.2) is 5.52 Å². The monoisotopic (exact) mass is 448 g/mol. The van der Waals surface area contributed by atoms with Crippen molar-refractivity contribution in [3.8, 4) is 5.75 Å². The highest BCUT2D eigenvalue weighted by Gasteiger charge is 2.22. The first-order valence-corrected chi connectivity index (χ1v) is 9.17. The third kappa shape index (κ3) is 4.27. The fraction of sp³-hybridized carbons (Fsp3) is 0.211. The van der Waals surface area contributed by atoms with Crippen LogP contribution >= 0.6 is 11.6 Å². The molecule has 11 nitrogen and oxygen atoms in total. The first-order chi connectivity index (χ1) is 14.8. The topological polar surface area (TPSA) is 133 Å². The van der Waals surface area contributed by atoms with Gasteiger partial charge in [0, 0.05) is 6.20 Å². The summed E-state index contributed by atoms with van der Waals surface area (Å²) in [5, 5.41) is 10.2. The van der Waals surface area contributed by atoms with Crippen LogP contribution in [0.25, 0.3) is 11.0 Å². The summed E-state index contributed by atoms with van der Waals surface area (Å²) in [5.74, 6) is -1.68. The molecule has 2 heterocycles. The standard InChI is InChI=1S/C19H17ClN4O7/c1-30-14-6-5-11(8-12(14)20)24(31-2)15(25)9-22-13-4-3-7-21-17(13)18(28)23(19(22)29)10-16(26)27/h3-8H,9-10H2,1-2H3,(H,26,27). The number of amides is 1. The van der Waals surface area contributed by atoms with Gasteiger partial charge < -0.3 is 9.84 Å². The number of aromatic nitrogens is 3. The molecule has 1 N–H and O–H groups in total. The maximum Gasteiger partial charge on any atom is 0.332 e. The summed E-state index contributed by atoms with van der Waals surface area (Å²) in [6.07, 6.45) is 1.33. The van der Waals surface area contributed by atoms with Crippen molar-refractivity contribution < 1.29 is 24.3 Å². The van der Waals surface area contributed by atoms with Gasteiger partial charge in [-0.1, -0.05) is 11.6 Å². The molecular formula is C19H17ClN4O7. The Morgan fingerprint density at radius 2 is 1.90 bits per heavy atom. The molecule has 31 heavy (non-hydrogen) atoms. The van der Waals surface area contributed by atoms with E-state index in [1.165, 1.54) is 50.7 Å². The van der Waals surface area contributed by atoms with Crippen molar-refractivity contribution in [3.63, 3.8) is 0 Å². The molecule has 0 aliphatic carbocycles. The summed E-state index contributed by atoms with van der Waals surface area (Å²) in [5.41, 5.74) is -1.63. The van der Waals surface area contributed by atoms with Crippen LogP contribution in [-0.2, 0) is 27.5 Å². The van der Waals surface area contributed by atoms with E-state index in [0.717, 1.165) is 9.63 Å². The van der Waals surface area contributed by atoms with Crippen molar-refractivity contribution >= 4 is 40.2 Å².